The Bertz CT molecular complexity index is 594. The first-order chi connectivity index (χ1) is 9.22. The van der Waals surface area contributed by atoms with Crippen LogP contribution in [0.5, 0.6) is 5.75 Å². The summed E-state index contributed by atoms with van der Waals surface area (Å²) < 4.78 is 7.28. The van der Waals surface area contributed by atoms with Crippen molar-refractivity contribution in [3.8, 4) is 5.75 Å². The fourth-order valence-electron chi connectivity index (χ4n) is 3.02. The standard InChI is InChI=1S/C14H19N3O2/c1-19-12-8-4-6-10-13(12)16-14(15)17(10)9-5-2-3-7-11(9)18/h4,6,8-9,11,18H,2-3,5,7H2,1H3,(H2,15,16). The van der Waals surface area contributed by atoms with Crippen LogP contribution in [0, 0.1) is 0 Å². The largest absolute Gasteiger partial charge is 0.494 e. The number of hydrogen-bond acceptors (Lipinski definition) is 4. The third kappa shape index (κ3) is 1.94. The highest BCUT2D eigenvalue weighted by Gasteiger charge is 2.28. The minimum atomic E-state index is -0.348. The third-order valence-corrected chi connectivity index (χ3v) is 3.96. The summed E-state index contributed by atoms with van der Waals surface area (Å²) in [7, 11) is 1.62. The lowest BCUT2D eigenvalue weighted by Gasteiger charge is -2.29. The number of ether oxygens (including phenoxy) is 1. The van der Waals surface area contributed by atoms with Crippen molar-refractivity contribution in [2.24, 2.45) is 0 Å². The molecule has 1 aromatic heterocycles. The number of fused-ring (bicyclic) bond motifs is 1. The number of aromatic nitrogens is 2. The summed E-state index contributed by atoms with van der Waals surface area (Å²) in [5.74, 6) is 1.17. The lowest BCUT2D eigenvalue weighted by molar-refractivity contribution is 0.0783. The summed E-state index contributed by atoms with van der Waals surface area (Å²) >= 11 is 0. The smallest absolute Gasteiger partial charge is 0.201 e. The van der Waals surface area contributed by atoms with Crippen LogP contribution in [-0.4, -0.2) is 27.9 Å². The Morgan fingerprint density at radius 1 is 1.37 bits per heavy atom. The van der Waals surface area contributed by atoms with Crippen LogP contribution < -0.4 is 10.5 Å². The van der Waals surface area contributed by atoms with Gasteiger partial charge in [0.25, 0.3) is 0 Å². The number of aliphatic hydroxyl groups is 1. The molecule has 0 bridgehead atoms. The summed E-state index contributed by atoms with van der Waals surface area (Å²) in [6.07, 6.45) is 3.61. The Morgan fingerprint density at radius 3 is 2.89 bits per heavy atom. The maximum absolute atomic E-state index is 10.2. The third-order valence-electron chi connectivity index (χ3n) is 3.96. The van der Waals surface area contributed by atoms with Crippen LogP contribution >= 0.6 is 0 Å². The van der Waals surface area contributed by atoms with Crippen LogP contribution in [0.4, 0.5) is 5.95 Å². The Labute approximate surface area is 112 Å². The molecule has 3 rings (SSSR count). The van der Waals surface area contributed by atoms with E-state index in [9.17, 15) is 5.11 Å². The molecule has 1 aliphatic rings. The van der Waals surface area contributed by atoms with Crippen LogP contribution in [0.1, 0.15) is 31.7 Å². The van der Waals surface area contributed by atoms with Gasteiger partial charge in [0.2, 0.25) is 5.95 Å². The van der Waals surface area contributed by atoms with Crippen molar-refractivity contribution in [2.75, 3.05) is 12.8 Å². The van der Waals surface area contributed by atoms with Gasteiger partial charge in [-0.3, -0.25) is 0 Å². The van der Waals surface area contributed by atoms with Gasteiger partial charge in [0.05, 0.1) is 24.8 Å². The summed E-state index contributed by atoms with van der Waals surface area (Å²) in [6, 6.07) is 5.79. The van der Waals surface area contributed by atoms with Gasteiger partial charge >= 0.3 is 0 Å². The first-order valence-corrected chi connectivity index (χ1v) is 6.71. The van der Waals surface area contributed by atoms with Gasteiger partial charge in [0.1, 0.15) is 11.3 Å². The molecule has 2 unspecified atom stereocenters. The monoisotopic (exact) mass is 261 g/mol. The minimum Gasteiger partial charge on any atom is -0.494 e. The van der Waals surface area contributed by atoms with E-state index in [-0.39, 0.29) is 12.1 Å². The molecular weight excluding hydrogens is 242 g/mol. The highest BCUT2D eigenvalue weighted by molar-refractivity contribution is 5.84. The van der Waals surface area contributed by atoms with Crippen LogP contribution in [0.2, 0.25) is 0 Å². The van der Waals surface area contributed by atoms with Gasteiger partial charge in [-0.2, -0.15) is 0 Å². The fraction of sp³-hybridized carbons (Fsp3) is 0.500. The number of rotatable bonds is 2. The Hall–Kier alpha value is -1.75. The molecule has 0 aliphatic heterocycles. The molecule has 0 amide bonds. The number of anilines is 1. The fourth-order valence-corrected chi connectivity index (χ4v) is 3.02. The van der Waals surface area contributed by atoms with Crippen LogP contribution in [-0.2, 0) is 0 Å². The summed E-state index contributed by atoms with van der Waals surface area (Å²) in [6.45, 7) is 0. The van der Waals surface area contributed by atoms with Crippen molar-refractivity contribution < 1.29 is 9.84 Å². The number of hydrogen-bond donors (Lipinski definition) is 2. The number of nitrogens with zero attached hydrogens (tertiary/aromatic N) is 2. The number of aliphatic hydroxyl groups excluding tert-OH is 1. The predicted octanol–water partition coefficient (Wildman–Crippen LogP) is 2.10. The average Bonchev–Trinajstić information content (AvgIpc) is 2.75. The van der Waals surface area contributed by atoms with Crippen molar-refractivity contribution in [1.82, 2.24) is 9.55 Å². The SMILES string of the molecule is COc1cccc2c1nc(N)n2C1CCCCC1O. The molecule has 3 N–H and O–H groups in total. The Balaban J connectivity index is 2.15. The summed E-state index contributed by atoms with van der Waals surface area (Å²) in [5.41, 5.74) is 7.75. The van der Waals surface area contributed by atoms with Crippen LogP contribution in [0.15, 0.2) is 18.2 Å². The molecule has 0 spiro atoms. The molecule has 1 aliphatic carbocycles. The molecule has 2 atom stereocenters. The highest BCUT2D eigenvalue weighted by Crippen LogP contribution is 2.35. The molecule has 0 radical (unpaired) electrons. The zero-order valence-electron chi connectivity index (χ0n) is 11.0. The quantitative estimate of drug-likeness (QED) is 0.868. The molecule has 1 saturated carbocycles. The van der Waals surface area contributed by atoms with Gasteiger partial charge in [-0.1, -0.05) is 18.9 Å². The second kappa shape index (κ2) is 4.74. The Kier molecular flexibility index (Phi) is 3.06. The molecular formula is C14H19N3O2. The van der Waals surface area contributed by atoms with Crippen LogP contribution in [0.25, 0.3) is 11.0 Å². The topological polar surface area (TPSA) is 73.3 Å². The van der Waals surface area contributed by atoms with Gasteiger partial charge in [-0.25, -0.2) is 4.98 Å². The zero-order chi connectivity index (χ0) is 13.4. The number of nitrogens with two attached hydrogens (primary N) is 1. The van der Waals surface area contributed by atoms with E-state index in [1.54, 1.807) is 7.11 Å². The minimum absolute atomic E-state index is 0.0193. The van der Waals surface area contributed by atoms with E-state index in [0.29, 0.717) is 11.7 Å². The molecule has 0 saturated heterocycles. The number of benzene rings is 1. The first kappa shape index (κ1) is 12.3. The number of imidazole rings is 1. The number of para-hydroxylation sites is 1. The first-order valence-electron chi connectivity index (χ1n) is 6.71. The van der Waals surface area contributed by atoms with Crippen molar-refractivity contribution in [3.63, 3.8) is 0 Å². The van der Waals surface area contributed by atoms with Crippen molar-refractivity contribution in [3.05, 3.63) is 18.2 Å². The summed E-state index contributed by atoms with van der Waals surface area (Å²) in [4.78, 5) is 4.40. The second-order valence-electron chi connectivity index (χ2n) is 5.09. The number of methoxy groups -OCH3 is 1. The van der Waals surface area contributed by atoms with Crippen molar-refractivity contribution >= 4 is 17.0 Å². The van der Waals surface area contributed by atoms with Gasteiger partial charge in [0, 0.05) is 0 Å². The molecule has 5 heteroatoms. The van der Waals surface area contributed by atoms with Crippen LogP contribution in [0.3, 0.4) is 0 Å². The zero-order valence-corrected chi connectivity index (χ0v) is 11.0. The van der Waals surface area contributed by atoms with E-state index in [0.717, 1.165) is 36.7 Å². The molecule has 5 nitrogen and oxygen atoms in total. The molecule has 1 heterocycles. The molecule has 2 aromatic rings. The van der Waals surface area contributed by atoms with Gasteiger partial charge < -0.3 is 20.1 Å². The molecule has 1 aromatic carbocycles. The van der Waals surface area contributed by atoms with E-state index in [1.165, 1.54) is 0 Å². The maximum Gasteiger partial charge on any atom is 0.201 e. The predicted molar refractivity (Wildman–Crippen MR) is 74.2 cm³/mol. The lowest BCUT2D eigenvalue weighted by Crippen LogP contribution is -2.28. The van der Waals surface area contributed by atoms with Gasteiger partial charge in [0.15, 0.2) is 0 Å². The maximum atomic E-state index is 10.2. The summed E-state index contributed by atoms with van der Waals surface area (Å²) in [5, 5.41) is 10.2. The van der Waals surface area contributed by atoms with E-state index in [2.05, 4.69) is 4.98 Å². The highest BCUT2D eigenvalue weighted by atomic mass is 16.5. The van der Waals surface area contributed by atoms with Gasteiger partial charge in [-0.05, 0) is 25.0 Å². The molecule has 102 valence electrons. The molecule has 1 fully saturated rings. The average molecular weight is 261 g/mol. The van der Waals surface area contributed by atoms with E-state index >= 15 is 0 Å². The van der Waals surface area contributed by atoms with Gasteiger partial charge in [-0.15, -0.1) is 0 Å². The van der Waals surface area contributed by atoms with E-state index in [1.807, 2.05) is 22.8 Å². The van der Waals surface area contributed by atoms with E-state index < -0.39 is 0 Å². The lowest BCUT2D eigenvalue weighted by atomic mass is 9.92. The number of nitrogen functional groups attached to an aromatic ring is 1. The van der Waals surface area contributed by atoms with Crippen molar-refractivity contribution in [1.29, 1.82) is 0 Å². The van der Waals surface area contributed by atoms with Crippen molar-refractivity contribution in [2.45, 2.75) is 37.8 Å². The molecule has 19 heavy (non-hydrogen) atoms. The second-order valence-corrected chi connectivity index (χ2v) is 5.09. The normalized spacial score (nSPS) is 23.7. The van der Waals surface area contributed by atoms with E-state index in [4.69, 9.17) is 10.5 Å². The Morgan fingerprint density at radius 2 is 2.16 bits per heavy atom.